The third kappa shape index (κ3) is 5.58. The third-order valence-electron chi connectivity index (χ3n) is 3.45. The predicted molar refractivity (Wildman–Crippen MR) is 95.7 cm³/mol. The molecule has 2 N–H and O–H groups in total. The van der Waals surface area contributed by atoms with E-state index in [1.807, 2.05) is 31.2 Å². The molecule has 0 bridgehead atoms. The van der Waals surface area contributed by atoms with E-state index in [-0.39, 0.29) is 11.4 Å². The minimum Gasteiger partial charge on any atom is -0.494 e. The van der Waals surface area contributed by atoms with Crippen LogP contribution in [0, 0.1) is 0 Å². The molecule has 1 amide bonds. The summed E-state index contributed by atoms with van der Waals surface area (Å²) in [5, 5.41) is 2.72. The van der Waals surface area contributed by atoms with E-state index in [4.69, 9.17) is 4.74 Å². The molecule has 2 aromatic rings. The van der Waals surface area contributed by atoms with E-state index in [1.54, 1.807) is 18.2 Å². The van der Waals surface area contributed by atoms with Gasteiger partial charge in [-0.1, -0.05) is 30.3 Å². The van der Waals surface area contributed by atoms with Gasteiger partial charge in [0.25, 0.3) is 0 Å². The summed E-state index contributed by atoms with van der Waals surface area (Å²) in [6.07, 6.45) is 0. The third-order valence-corrected chi connectivity index (χ3v) is 5.01. The van der Waals surface area contributed by atoms with Crippen molar-refractivity contribution >= 4 is 15.9 Å². The van der Waals surface area contributed by atoms with Crippen molar-refractivity contribution in [2.24, 2.45) is 0 Å². The highest BCUT2D eigenvalue weighted by molar-refractivity contribution is 7.89. The molecule has 2 aromatic carbocycles. The number of nitrogens with one attached hydrogen (secondary N) is 2. The van der Waals surface area contributed by atoms with Crippen molar-refractivity contribution in [2.45, 2.75) is 31.3 Å². The molecule has 0 heterocycles. The molecule has 0 spiro atoms. The van der Waals surface area contributed by atoms with Crippen LogP contribution >= 0.6 is 0 Å². The molecule has 0 saturated carbocycles. The standard InChI is InChI=1S/C18H22N2O4S/c1-3-24-16-9-7-8-15(12-16)13-19-18(21)14(2)20-25(22,23)17-10-5-4-6-11-17/h4-12,14,20H,3,13H2,1-2H3,(H,19,21)/t14-/m0/s1. The Morgan fingerprint density at radius 1 is 1.12 bits per heavy atom. The summed E-state index contributed by atoms with van der Waals surface area (Å²) < 4.78 is 32.2. The number of carbonyl (C=O) groups is 1. The smallest absolute Gasteiger partial charge is 0.241 e. The molecule has 0 aliphatic rings. The second-order valence-electron chi connectivity index (χ2n) is 5.45. The Balaban J connectivity index is 1.93. The molecule has 0 fully saturated rings. The molecule has 0 radical (unpaired) electrons. The van der Waals surface area contributed by atoms with Crippen molar-refractivity contribution in [1.29, 1.82) is 0 Å². The van der Waals surface area contributed by atoms with Gasteiger partial charge in [0.15, 0.2) is 0 Å². The monoisotopic (exact) mass is 362 g/mol. The largest absolute Gasteiger partial charge is 0.494 e. The van der Waals surface area contributed by atoms with Crippen LogP contribution < -0.4 is 14.8 Å². The van der Waals surface area contributed by atoms with Gasteiger partial charge in [0, 0.05) is 6.54 Å². The van der Waals surface area contributed by atoms with Gasteiger partial charge in [-0.25, -0.2) is 8.42 Å². The zero-order valence-corrected chi connectivity index (χ0v) is 15.0. The van der Waals surface area contributed by atoms with Crippen LogP contribution in [-0.2, 0) is 21.4 Å². The fourth-order valence-electron chi connectivity index (χ4n) is 2.21. The van der Waals surface area contributed by atoms with Gasteiger partial charge in [0.2, 0.25) is 15.9 Å². The minimum atomic E-state index is -3.73. The first-order valence-electron chi connectivity index (χ1n) is 7.99. The van der Waals surface area contributed by atoms with Crippen LogP contribution in [0.3, 0.4) is 0 Å². The van der Waals surface area contributed by atoms with Crippen LogP contribution in [0.5, 0.6) is 5.75 Å². The molecular formula is C18H22N2O4S. The quantitative estimate of drug-likeness (QED) is 0.753. The highest BCUT2D eigenvalue weighted by Gasteiger charge is 2.21. The normalized spacial score (nSPS) is 12.4. The number of sulfonamides is 1. The highest BCUT2D eigenvalue weighted by Crippen LogP contribution is 2.13. The van der Waals surface area contributed by atoms with Gasteiger partial charge in [-0.3, -0.25) is 4.79 Å². The van der Waals surface area contributed by atoms with Crippen LogP contribution in [-0.4, -0.2) is 27.0 Å². The number of rotatable bonds is 8. The number of carbonyl (C=O) groups excluding carboxylic acids is 1. The molecule has 134 valence electrons. The van der Waals surface area contributed by atoms with Crippen LogP contribution in [0.15, 0.2) is 59.5 Å². The van der Waals surface area contributed by atoms with Gasteiger partial charge in [-0.2, -0.15) is 4.72 Å². The zero-order chi connectivity index (χ0) is 18.3. The number of hydrogen-bond donors (Lipinski definition) is 2. The molecule has 6 nitrogen and oxygen atoms in total. The lowest BCUT2D eigenvalue weighted by atomic mass is 10.2. The molecule has 1 atom stereocenters. The van der Waals surface area contributed by atoms with Gasteiger partial charge in [-0.05, 0) is 43.7 Å². The van der Waals surface area contributed by atoms with Gasteiger partial charge >= 0.3 is 0 Å². The van der Waals surface area contributed by atoms with Gasteiger partial charge in [0.05, 0.1) is 17.5 Å². The van der Waals surface area contributed by atoms with E-state index in [2.05, 4.69) is 10.0 Å². The number of amides is 1. The molecule has 7 heteroatoms. The van der Waals surface area contributed by atoms with Gasteiger partial charge in [-0.15, -0.1) is 0 Å². The first-order chi connectivity index (χ1) is 11.9. The molecule has 0 unspecified atom stereocenters. The second-order valence-corrected chi connectivity index (χ2v) is 7.17. The fourth-order valence-corrected chi connectivity index (χ4v) is 3.43. The maximum atomic E-state index is 12.2. The summed E-state index contributed by atoms with van der Waals surface area (Å²) >= 11 is 0. The summed E-state index contributed by atoms with van der Waals surface area (Å²) in [6.45, 7) is 4.26. The van der Waals surface area contributed by atoms with Gasteiger partial charge in [0.1, 0.15) is 5.75 Å². The molecule has 0 aliphatic carbocycles. The highest BCUT2D eigenvalue weighted by atomic mass is 32.2. The van der Waals surface area contributed by atoms with E-state index in [1.165, 1.54) is 19.1 Å². The molecule has 0 saturated heterocycles. The summed E-state index contributed by atoms with van der Waals surface area (Å²) in [7, 11) is -3.73. The maximum Gasteiger partial charge on any atom is 0.241 e. The van der Waals surface area contributed by atoms with E-state index in [0.29, 0.717) is 6.61 Å². The summed E-state index contributed by atoms with van der Waals surface area (Å²) in [5.41, 5.74) is 0.873. The van der Waals surface area contributed by atoms with Crippen molar-refractivity contribution in [3.05, 3.63) is 60.2 Å². The van der Waals surface area contributed by atoms with Crippen LogP contribution in [0.25, 0.3) is 0 Å². The predicted octanol–water partition coefficient (Wildman–Crippen LogP) is 2.07. The number of ether oxygens (including phenoxy) is 1. The molecule has 25 heavy (non-hydrogen) atoms. The Kier molecular flexibility index (Phi) is 6.55. The topological polar surface area (TPSA) is 84.5 Å². The van der Waals surface area contributed by atoms with Gasteiger partial charge < -0.3 is 10.1 Å². The Hall–Kier alpha value is -2.38. The maximum absolute atomic E-state index is 12.2. The van der Waals surface area contributed by atoms with Crippen molar-refractivity contribution in [3.63, 3.8) is 0 Å². The minimum absolute atomic E-state index is 0.124. The average molecular weight is 362 g/mol. The fraction of sp³-hybridized carbons (Fsp3) is 0.278. The van der Waals surface area contributed by atoms with Crippen molar-refractivity contribution in [1.82, 2.24) is 10.0 Å². The SMILES string of the molecule is CCOc1cccc(CNC(=O)[C@H](C)NS(=O)(=O)c2ccccc2)c1. The van der Waals surface area contributed by atoms with E-state index in [9.17, 15) is 13.2 Å². The molecular weight excluding hydrogens is 340 g/mol. The lowest BCUT2D eigenvalue weighted by Crippen LogP contribution is -2.44. The van der Waals surface area contributed by atoms with Crippen molar-refractivity contribution in [2.75, 3.05) is 6.61 Å². The first-order valence-corrected chi connectivity index (χ1v) is 9.47. The molecule has 2 rings (SSSR count). The Morgan fingerprint density at radius 2 is 1.84 bits per heavy atom. The number of hydrogen-bond acceptors (Lipinski definition) is 4. The summed E-state index contributed by atoms with van der Waals surface area (Å²) in [5.74, 6) is 0.327. The van der Waals surface area contributed by atoms with Crippen LogP contribution in [0.4, 0.5) is 0 Å². The van der Waals surface area contributed by atoms with Crippen LogP contribution in [0.2, 0.25) is 0 Å². The molecule has 0 aliphatic heterocycles. The van der Waals surface area contributed by atoms with Crippen molar-refractivity contribution in [3.8, 4) is 5.75 Å². The first kappa shape index (κ1) is 19.0. The van der Waals surface area contributed by atoms with Crippen molar-refractivity contribution < 1.29 is 17.9 Å². The van der Waals surface area contributed by atoms with E-state index >= 15 is 0 Å². The summed E-state index contributed by atoms with van der Waals surface area (Å²) in [6, 6.07) is 14.4. The van der Waals surface area contributed by atoms with E-state index < -0.39 is 22.0 Å². The lowest BCUT2D eigenvalue weighted by Gasteiger charge is -2.15. The Bertz CT molecular complexity index is 807. The average Bonchev–Trinajstić information content (AvgIpc) is 2.60. The second kappa shape index (κ2) is 8.64. The lowest BCUT2D eigenvalue weighted by molar-refractivity contribution is -0.122. The van der Waals surface area contributed by atoms with Crippen LogP contribution in [0.1, 0.15) is 19.4 Å². The Morgan fingerprint density at radius 3 is 2.52 bits per heavy atom. The zero-order valence-electron chi connectivity index (χ0n) is 14.2. The Labute approximate surface area is 148 Å². The van der Waals surface area contributed by atoms with E-state index in [0.717, 1.165) is 11.3 Å². The molecule has 0 aromatic heterocycles. The summed E-state index contributed by atoms with van der Waals surface area (Å²) in [4.78, 5) is 12.3. The number of benzene rings is 2.